The topological polar surface area (TPSA) is 88.1 Å². The molecule has 2 heterocycles. The second-order valence-electron chi connectivity index (χ2n) is 8.54. The van der Waals surface area contributed by atoms with Gasteiger partial charge < -0.3 is 16.0 Å². The molecule has 1 aromatic heterocycles. The molecule has 150 valence electrons. The van der Waals surface area contributed by atoms with Gasteiger partial charge >= 0.3 is 0 Å². The summed E-state index contributed by atoms with van der Waals surface area (Å²) in [6, 6.07) is 5.58. The molecule has 28 heavy (non-hydrogen) atoms. The number of aromatic nitrogens is 2. The third kappa shape index (κ3) is 4.42. The standard InChI is InChI=1S/C21H29N5O2/c1-13-6-7-15(8-18(13)25-20(28)21(2,3)4)24-19(27)17-11-22-10-16(17)14-9-23-26(5)12-14/h6-9,12,16-17,22H,10-11H2,1-5H3,(H,24,27)(H,25,28)/t16-,17+/m1/s1. The Bertz CT molecular complexity index is 881. The molecule has 3 N–H and O–H groups in total. The molecule has 1 aliphatic rings. The molecule has 0 saturated carbocycles. The Morgan fingerprint density at radius 3 is 2.61 bits per heavy atom. The number of rotatable bonds is 4. The molecule has 0 radical (unpaired) electrons. The SMILES string of the molecule is Cc1ccc(NC(=O)[C@H]2CNC[C@@H]2c2cnn(C)c2)cc1NC(=O)C(C)(C)C. The van der Waals surface area contributed by atoms with Gasteiger partial charge in [-0.1, -0.05) is 26.8 Å². The number of anilines is 2. The fraction of sp³-hybridized carbons (Fsp3) is 0.476. The van der Waals surface area contributed by atoms with E-state index in [-0.39, 0.29) is 23.7 Å². The second-order valence-corrected chi connectivity index (χ2v) is 8.54. The van der Waals surface area contributed by atoms with Gasteiger partial charge in [0.2, 0.25) is 11.8 Å². The molecule has 1 saturated heterocycles. The summed E-state index contributed by atoms with van der Waals surface area (Å²) in [5, 5.41) is 13.5. The van der Waals surface area contributed by atoms with Crippen LogP contribution in [0.2, 0.25) is 0 Å². The van der Waals surface area contributed by atoms with Crippen molar-refractivity contribution >= 4 is 23.2 Å². The summed E-state index contributed by atoms with van der Waals surface area (Å²) in [6.07, 6.45) is 3.79. The highest BCUT2D eigenvalue weighted by molar-refractivity contribution is 5.97. The lowest BCUT2D eigenvalue weighted by molar-refractivity contribution is -0.123. The lowest BCUT2D eigenvalue weighted by atomic mass is 9.90. The molecule has 7 nitrogen and oxygen atoms in total. The van der Waals surface area contributed by atoms with Crippen molar-refractivity contribution < 1.29 is 9.59 Å². The number of amides is 2. The summed E-state index contributed by atoms with van der Waals surface area (Å²) in [6.45, 7) is 8.93. The fourth-order valence-corrected chi connectivity index (χ4v) is 3.32. The molecule has 0 bridgehead atoms. The van der Waals surface area contributed by atoms with Crippen molar-refractivity contribution in [1.82, 2.24) is 15.1 Å². The van der Waals surface area contributed by atoms with Crippen LogP contribution in [0.4, 0.5) is 11.4 Å². The van der Waals surface area contributed by atoms with E-state index in [1.165, 1.54) is 0 Å². The van der Waals surface area contributed by atoms with Crippen molar-refractivity contribution in [3.8, 4) is 0 Å². The zero-order valence-electron chi connectivity index (χ0n) is 17.2. The molecule has 7 heteroatoms. The van der Waals surface area contributed by atoms with E-state index < -0.39 is 5.41 Å². The van der Waals surface area contributed by atoms with E-state index in [1.54, 1.807) is 4.68 Å². The van der Waals surface area contributed by atoms with Crippen molar-refractivity contribution in [2.45, 2.75) is 33.6 Å². The molecule has 1 fully saturated rings. The van der Waals surface area contributed by atoms with Gasteiger partial charge in [-0.15, -0.1) is 0 Å². The van der Waals surface area contributed by atoms with Crippen molar-refractivity contribution in [3.63, 3.8) is 0 Å². The maximum Gasteiger partial charge on any atom is 0.229 e. The highest BCUT2D eigenvalue weighted by Crippen LogP contribution is 2.30. The van der Waals surface area contributed by atoms with E-state index in [0.717, 1.165) is 17.7 Å². The minimum absolute atomic E-state index is 0.0317. The first-order valence-electron chi connectivity index (χ1n) is 9.57. The molecule has 2 atom stereocenters. The summed E-state index contributed by atoms with van der Waals surface area (Å²) in [7, 11) is 1.88. The van der Waals surface area contributed by atoms with Gasteiger partial charge in [0.25, 0.3) is 0 Å². The summed E-state index contributed by atoms with van der Waals surface area (Å²) < 4.78 is 1.76. The predicted molar refractivity (Wildman–Crippen MR) is 110 cm³/mol. The van der Waals surface area contributed by atoms with Crippen molar-refractivity contribution in [3.05, 3.63) is 41.7 Å². The number of carbonyl (C=O) groups excluding carboxylic acids is 2. The molecular formula is C21H29N5O2. The molecular weight excluding hydrogens is 354 g/mol. The van der Waals surface area contributed by atoms with Crippen LogP contribution in [0.3, 0.4) is 0 Å². The van der Waals surface area contributed by atoms with Crippen molar-refractivity contribution in [2.24, 2.45) is 18.4 Å². The molecule has 1 aliphatic heterocycles. The Balaban J connectivity index is 1.73. The Hall–Kier alpha value is -2.67. The maximum atomic E-state index is 12.9. The summed E-state index contributed by atoms with van der Waals surface area (Å²) in [5.74, 6) is -0.163. The smallest absolute Gasteiger partial charge is 0.229 e. The number of hydrogen-bond acceptors (Lipinski definition) is 4. The summed E-state index contributed by atoms with van der Waals surface area (Å²) in [4.78, 5) is 25.2. The first-order chi connectivity index (χ1) is 13.1. The molecule has 0 spiro atoms. The lowest BCUT2D eigenvalue weighted by Gasteiger charge is -2.20. The number of nitrogens with zero attached hydrogens (tertiary/aromatic N) is 2. The number of benzene rings is 1. The molecule has 2 aromatic rings. The third-order valence-electron chi connectivity index (χ3n) is 5.14. The van der Waals surface area contributed by atoms with Crippen LogP contribution in [0.25, 0.3) is 0 Å². The molecule has 3 rings (SSSR count). The van der Waals surface area contributed by atoms with Crippen LogP contribution in [0.1, 0.15) is 37.8 Å². The number of carbonyl (C=O) groups is 2. The van der Waals surface area contributed by atoms with Crippen LogP contribution >= 0.6 is 0 Å². The maximum absolute atomic E-state index is 12.9. The average Bonchev–Trinajstić information content (AvgIpc) is 3.25. The van der Waals surface area contributed by atoms with Crippen molar-refractivity contribution in [2.75, 3.05) is 23.7 Å². The van der Waals surface area contributed by atoms with Crippen LogP contribution in [0.15, 0.2) is 30.6 Å². The van der Waals surface area contributed by atoms with E-state index in [9.17, 15) is 9.59 Å². The van der Waals surface area contributed by atoms with E-state index in [0.29, 0.717) is 17.9 Å². The first kappa shape index (κ1) is 20.1. The van der Waals surface area contributed by atoms with Gasteiger partial charge in [-0.25, -0.2) is 0 Å². The second kappa shape index (κ2) is 7.75. The van der Waals surface area contributed by atoms with Gasteiger partial charge in [0.05, 0.1) is 12.1 Å². The van der Waals surface area contributed by atoms with E-state index in [2.05, 4.69) is 21.0 Å². The molecule has 1 aromatic carbocycles. The summed E-state index contributed by atoms with van der Waals surface area (Å²) in [5.41, 5.74) is 2.92. The lowest BCUT2D eigenvalue weighted by Crippen LogP contribution is -2.29. The zero-order chi connectivity index (χ0) is 20.5. The van der Waals surface area contributed by atoms with Gasteiger partial charge in [-0.05, 0) is 30.2 Å². The zero-order valence-corrected chi connectivity index (χ0v) is 17.2. The van der Waals surface area contributed by atoms with Crippen LogP contribution in [0.5, 0.6) is 0 Å². The fourth-order valence-electron chi connectivity index (χ4n) is 3.32. The number of hydrogen-bond donors (Lipinski definition) is 3. The predicted octanol–water partition coefficient (Wildman–Crippen LogP) is 2.65. The first-order valence-corrected chi connectivity index (χ1v) is 9.57. The minimum Gasteiger partial charge on any atom is -0.326 e. The number of aryl methyl sites for hydroxylation is 2. The van der Waals surface area contributed by atoms with Crippen LogP contribution < -0.4 is 16.0 Å². The van der Waals surface area contributed by atoms with E-state index >= 15 is 0 Å². The van der Waals surface area contributed by atoms with Gasteiger partial charge in [-0.2, -0.15) is 5.10 Å². The summed E-state index contributed by atoms with van der Waals surface area (Å²) >= 11 is 0. The Morgan fingerprint density at radius 1 is 1.21 bits per heavy atom. The van der Waals surface area contributed by atoms with Gasteiger partial charge in [0, 0.05) is 49.0 Å². The number of nitrogens with one attached hydrogen (secondary N) is 3. The Morgan fingerprint density at radius 2 is 1.96 bits per heavy atom. The largest absolute Gasteiger partial charge is 0.326 e. The normalized spacial score (nSPS) is 19.5. The highest BCUT2D eigenvalue weighted by Gasteiger charge is 2.34. The molecule has 0 unspecified atom stereocenters. The van der Waals surface area contributed by atoms with E-state index in [4.69, 9.17) is 0 Å². The van der Waals surface area contributed by atoms with Crippen molar-refractivity contribution in [1.29, 1.82) is 0 Å². The minimum atomic E-state index is -0.488. The van der Waals surface area contributed by atoms with Crippen LogP contribution in [0, 0.1) is 18.3 Å². The van der Waals surface area contributed by atoms with E-state index in [1.807, 2.05) is 65.3 Å². The molecule has 0 aliphatic carbocycles. The Kier molecular flexibility index (Phi) is 5.56. The highest BCUT2D eigenvalue weighted by atomic mass is 16.2. The quantitative estimate of drug-likeness (QED) is 0.757. The monoisotopic (exact) mass is 383 g/mol. The third-order valence-corrected chi connectivity index (χ3v) is 5.14. The Labute approximate surface area is 165 Å². The average molecular weight is 383 g/mol. The van der Waals surface area contributed by atoms with Gasteiger partial charge in [0.15, 0.2) is 0 Å². The van der Waals surface area contributed by atoms with Gasteiger partial charge in [0.1, 0.15) is 0 Å². The van der Waals surface area contributed by atoms with Gasteiger partial charge in [-0.3, -0.25) is 14.3 Å². The molecule has 2 amide bonds. The van der Waals surface area contributed by atoms with Crippen LogP contribution in [-0.4, -0.2) is 34.7 Å². The van der Waals surface area contributed by atoms with Crippen LogP contribution in [-0.2, 0) is 16.6 Å².